The van der Waals surface area contributed by atoms with Gasteiger partial charge < -0.3 is 5.11 Å². The van der Waals surface area contributed by atoms with Gasteiger partial charge in [0, 0.05) is 5.92 Å². The first-order chi connectivity index (χ1) is 9.97. The Kier molecular flexibility index (Phi) is 3.27. The molecule has 0 unspecified atom stereocenters. The summed E-state index contributed by atoms with van der Waals surface area (Å²) in [5, 5.41) is 17.2. The number of hydrogen-bond acceptors (Lipinski definition) is 3. The number of carboxylic acid groups (broad SMARTS) is 1. The van der Waals surface area contributed by atoms with E-state index in [9.17, 15) is 9.90 Å². The number of aromatic carboxylic acids is 1. The molecule has 1 aromatic heterocycles. The lowest BCUT2D eigenvalue weighted by molar-refractivity contribution is 0.0689. The molecule has 1 aliphatic rings. The van der Waals surface area contributed by atoms with Crippen molar-refractivity contribution in [3.8, 4) is 0 Å². The van der Waals surface area contributed by atoms with E-state index < -0.39 is 5.97 Å². The summed E-state index contributed by atoms with van der Waals surface area (Å²) in [5.41, 5.74) is 5.75. The fourth-order valence-corrected chi connectivity index (χ4v) is 2.96. The van der Waals surface area contributed by atoms with Crippen LogP contribution < -0.4 is 0 Å². The molecule has 5 nitrogen and oxygen atoms in total. The molecule has 1 heterocycles. The summed E-state index contributed by atoms with van der Waals surface area (Å²) in [6.07, 6.45) is 2.05. The molecule has 2 aromatic rings. The van der Waals surface area contributed by atoms with Crippen LogP contribution in [0, 0.1) is 20.8 Å². The highest BCUT2D eigenvalue weighted by atomic mass is 16.4. The van der Waals surface area contributed by atoms with Gasteiger partial charge in [0.2, 0.25) is 0 Å². The third-order valence-corrected chi connectivity index (χ3v) is 4.09. The Morgan fingerprint density at radius 1 is 1.29 bits per heavy atom. The lowest BCUT2D eigenvalue weighted by Crippen LogP contribution is -2.10. The molecule has 1 aromatic carbocycles. The first kappa shape index (κ1) is 13.8. The molecular formula is C16H19N3O2. The largest absolute Gasteiger partial charge is 0.476 e. The van der Waals surface area contributed by atoms with E-state index in [4.69, 9.17) is 0 Å². The van der Waals surface area contributed by atoms with Crippen molar-refractivity contribution in [3.05, 3.63) is 45.8 Å². The van der Waals surface area contributed by atoms with Crippen molar-refractivity contribution in [1.29, 1.82) is 0 Å². The molecule has 0 atom stereocenters. The number of aromatic nitrogens is 3. The molecule has 0 saturated heterocycles. The number of hydrogen-bond donors (Lipinski definition) is 1. The fraction of sp³-hybridized carbons (Fsp3) is 0.438. The smallest absolute Gasteiger partial charge is 0.358 e. The fourth-order valence-electron chi connectivity index (χ4n) is 2.96. The maximum Gasteiger partial charge on any atom is 0.358 e. The number of benzene rings is 1. The van der Waals surface area contributed by atoms with Gasteiger partial charge in [0.15, 0.2) is 5.69 Å². The normalized spacial score (nSPS) is 14.4. The lowest BCUT2D eigenvalue weighted by atomic mass is 10.00. The molecule has 21 heavy (non-hydrogen) atoms. The summed E-state index contributed by atoms with van der Waals surface area (Å²) in [6.45, 7) is 6.84. The monoisotopic (exact) mass is 285 g/mol. The second kappa shape index (κ2) is 4.98. The number of rotatable bonds is 4. The lowest BCUT2D eigenvalue weighted by Gasteiger charge is -2.13. The van der Waals surface area contributed by atoms with E-state index in [1.165, 1.54) is 22.3 Å². The molecule has 3 rings (SSSR count). The van der Waals surface area contributed by atoms with Crippen LogP contribution in [-0.2, 0) is 6.54 Å². The number of nitrogens with zero attached hydrogens (tertiary/aromatic N) is 3. The maximum absolute atomic E-state index is 11.3. The Bertz CT molecular complexity index is 691. The summed E-state index contributed by atoms with van der Waals surface area (Å²) in [4.78, 5) is 11.3. The first-order valence-electron chi connectivity index (χ1n) is 7.20. The van der Waals surface area contributed by atoms with Gasteiger partial charge >= 0.3 is 5.97 Å². The van der Waals surface area contributed by atoms with Crippen molar-refractivity contribution in [1.82, 2.24) is 15.0 Å². The standard InChI is InChI=1S/C16H19N3O2/c1-9-6-10(2)13(11(3)7-9)8-19-15(12-4-5-12)14(16(20)21)17-18-19/h6-7,12H,4-5,8H2,1-3H3,(H,20,21). The molecule has 0 spiro atoms. The highest BCUT2D eigenvalue weighted by Gasteiger charge is 2.33. The molecule has 1 N–H and O–H groups in total. The van der Waals surface area contributed by atoms with Crippen LogP contribution in [0.25, 0.3) is 0 Å². The van der Waals surface area contributed by atoms with Crippen molar-refractivity contribution in [2.75, 3.05) is 0 Å². The summed E-state index contributed by atoms with van der Waals surface area (Å²) in [7, 11) is 0. The Morgan fingerprint density at radius 3 is 2.43 bits per heavy atom. The van der Waals surface area contributed by atoms with E-state index >= 15 is 0 Å². The van der Waals surface area contributed by atoms with Crippen LogP contribution in [0.3, 0.4) is 0 Å². The maximum atomic E-state index is 11.3. The third kappa shape index (κ3) is 2.55. The summed E-state index contributed by atoms with van der Waals surface area (Å²) >= 11 is 0. The third-order valence-electron chi connectivity index (χ3n) is 4.09. The highest BCUT2D eigenvalue weighted by Crippen LogP contribution is 2.41. The van der Waals surface area contributed by atoms with E-state index in [0.29, 0.717) is 12.5 Å². The van der Waals surface area contributed by atoms with E-state index in [0.717, 1.165) is 18.5 Å². The minimum atomic E-state index is -0.986. The second-order valence-corrected chi connectivity index (χ2v) is 5.94. The molecule has 0 radical (unpaired) electrons. The predicted molar refractivity (Wildman–Crippen MR) is 78.7 cm³/mol. The zero-order chi connectivity index (χ0) is 15.1. The Balaban J connectivity index is 2.01. The quantitative estimate of drug-likeness (QED) is 0.938. The molecule has 5 heteroatoms. The van der Waals surface area contributed by atoms with E-state index in [2.05, 4.69) is 43.2 Å². The van der Waals surface area contributed by atoms with Crippen LogP contribution >= 0.6 is 0 Å². The van der Waals surface area contributed by atoms with E-state index in [1.54, 1.807) is 4.68 Å². The summed E-state index contributed by atoms with van der Waals surface area (Å²) in [5.74, 6) is -0.683. The highest BCUT2D eigenvalue weighted by molar-refractivity contribution is 5.86. The average Bonchev–Trinajstić information content (AvgIpc) is 3.14. The summed E-state index contributed by atoms with van der Waals surface area (Å²) < 4.78 is 1.77. The zero-order valence-corrected chi connectivity index (χ0v) is 12.6. The van der Waals surface area contributed by atoms with Crippen molar-refractivity contribution in [2.24, 2.45) is 0 Å². The molecule has 1 aliphatic carbocycles. The van der Waals surface area contributed by atoms with Crippen LogP contribution in [0.2, 0.25) is 0 Å². The predicted octanol–water partition coefficient (Wildman–Crippen LogP) is 2.83. The van der Waals surface area contributed by atoms with Crippen molar-refractivity contribution in [2.45, 2.75) is 46.1 Å². The van der Waals surface area contributed by atoms with Crippen LogP contribution in [-0.4, -0.2) is 26.1 Å². The Morgan fingerprint density at radius 2 is 1.90 bits per heavy atom. The van der Waals surface area contributed by atoms with Gasteiger partial charge in [0.1, 0.15) is 0 Å². The van der Waals surface area contributed by atoms with Crippen molar-refractivity contribution < 1.29 is 9.90 Å². The Labute approximate surface area is 123 Å². The van der Waals surface area contributed by atoms with Crippen LogP contribution in [0.4, 0.5) is 0 Å². The van der Waals surface area contributed by atoms with E-state index in [1.807, 2.05) is 0 Å². The number of aryl methyl sites for hydroxylation is 3. The number of carboxylic acids is 1. The van der Waals surface area contributed by atoms with Gasteiger partial charge in [0.25, 0.3) is 0 Å². The molecule has 0 amide bonds. The molecule has 1 saturated carbocycles. The first-order valence-corrected chi connectivity index (χ1v) is 7.20. The van der Waals surface area contributed by atoms with Crippen molar-refractivity contribution >= 4 is 5.97 Å². The topological polar surface area (TPSA) is 68.0 Å². The molecule has 110 valence electrons. The minimum Gasteiger partial charge on any atom is -0.476 e. The van der Waals surface area contributed by atoms with Gasteiger partial charge in [-0.2, -0.15) is 0 Å². The molecule has 0 bridgehead atoms. The van der Waals surface area contributed by atoms with Gasteiger partial charge in [-0.05, 0) is 50.3 Å². The van der Waals surface area contributed by atoms with Gasteiger partial charge in [0.05, 0.1) is 12.2 Å². The Hall–Kier alpha value is -2.17. The van der Waals surface area contributed by atoms with Crippen LogP contribution in [0.5, 0.6) is 0 Å². The van der Waals surface area contributed by atoms with Gasteiger partial charge in [-0.25, -0.2) is 9.48 Å². The van der Waals surface area contributed by atoms with Gasteiger partial charge in [-0.3, -0.25) is 0 Å². The van der Waals surface area contributed by atoms with Crippen LogP contribution in [0.1, 0.15) is 57.2 Å². The molecule has 1 fully saturated rings. The minimum absolute atomic E-state index is 0.111. The zero-order valence-electron chi connectivity index (χ0n) is 12.6. The average molecular weight is 285 g/mol. The van der Waals surface area contributed by atoms with Gasteiger partial charge in [-0.1, -0.05) is 22.9 Å². The molecule has 0 aliphatic heterocycles. The van der Waals surface area contributed by atoms with E-state index in [-0.39, 0.29) is 5.69 Å². The SMILES string of the molecule is Cc1cc(C)c(Cn2nnc(C(=O)O)c2C2CC2)c(C)c1. The molecular weight excluding hydrogens is 266 g/mol. The van der Waals surface area contributed by atoms with Crippen LogP contribution in [0.15, 0.2) is 12.1 Å². The van der Waals surface area contributed by atoms with Gasteiger partial charge in [-0.15, -0.1) is 5.10 Å². The summed E-state index contributed by atoms with van der Waals surface area (Å²) in [6, 6.07) is 4.29. The number of carbonyl (C=O) groups is 1. The van der Waals surface area contributed by atoms with Crippen molar-refractivity contribution in [3.63, 3.8) is 0 Å². The second-order valence-electron chi connectivity index (χ2n) is 5.94.